The minimum atomic E-state index is -0.885. The summed E-state index contributed by atoms with van der Waals surface area (Å²) in [5.41, 5.74) is 12.2. The number of esters is 1. The minimum absolute atomic E-state index is 0.297. The van der Waals surface area contributed by atoms with E-state index < -0.39 is 5.97 Å². The summed E-state index contributed by atoms with van der Waals surface area (Å²) in [5, 5.41) is 12.1. The normalized spacial score (nSPS) is 14.0. The predicted octanol–water partition coefficient (Wildman–Crippen LogP) is 9.66. The van der Waals surface area contributed by atoms with Crippen LogP contribution in [0.2, 0.25) is 0 Å². The van der Waals surface area contributed by atoms with E-state index in [1.165, 1.54) is 58.4 Å². The third kappa shape index (κ3) is 7.64. The van der Waals surface area contributed by atoms with Crippen molar-refractivity contribution in [2.24, 2.45) is 0 Å². The third-order valence-corrected chi connectivity index (χ3v) is 10.9. The van der Waals surface area contributed by atoms with Crippen molar-refractivity contribution in [3.8, 4) is 0 Å². The summed E-state index contributed by atoms with van der Waals surface area (Å²) in [6.07, 6.45) is 15.9. The first kappa shape index (κ1) is 36.1. The highest BCUT2D eigenvalue weighted by molar-refractivity contribution is 5.91. The fraction of sp³-hybridized carbons (Fsp3) is 0.378. The Hall–Kier alpha value is -5.24. The Morgan fingerprint density at radius 2 is 1.15 bits per heavy atom. The molecule has 0 bridgehead atoms. The van der Waals surface area contributed by atoms with Crippen molar-refractivity contribution in [2.75, 3.05) is 7.11 Å². The zero-order chi connectivity index (χ0) is 37.2. The minimum Gasteiger partial charge on any atom is -0.478 e. The number of carboxylic acid groups (broad SMARTS) is 1. The molecule has 0 amide bonds. The van der Waals surface area contributed by atoms with Crippen LogP contribution < -0.4 is 0 Å². The Balaban J connectivity index is 0.000000164. The zero-order valence-electron chi connectivity index (χ0n) is 31.6. The molecule has 2 aliphatic rings. The second kappa shape index (κ2) is 15.4. The summed E-state index contributed by atoms with van der Waals surface area (Å²) in [7, 11) is 1.44. The van der Waals surface area contributed by atoms with Gasteiger partial charge in [-0.15, -0.1) is 0 Å². The number of hydrogen-bond donors (Lipinski definition) is 1. The lowest BCUT2D eigenvalue weighted by molar-refractivity contribution is 0.0598. The van der Waals surface area contributed by atoms with E-state index >= 15 is 0 Å². The number of carbonyl (C=O) groups excluding carboxylic acids is 1. The Labute approximate surface area is 311 Å². The summed E-state index contributed by atoms with van der Waals surface area (Å²) in [5.74, 6) is -0.115. The molecule has 2 saturated carbocycles. The van der Waals surface area contributed by atoms with Crippen molar-refractivity contribution in [1.82, 2.24) is 19.1 Å². The number of aromatic nitrogens is 4. The smallest absolute Gasteiger partial charge is 0.339 e. The molecule has 1 N–H and O–H groups in total. The highest BCUT2D eigenvalue weighted by atomic mass is 16.5. The van der Waals surface area contributed by atoms with Crippen LogP contribution in [0, 0.1) is 0 Å². The van der Waals surface area contributed by atoms with Gasteiger partial charge in [0.25, 0.3) is 0 Å². The standard InChI is InChI=1S/C23H26N2O2.C22H24N2O2/c1-4-16-10-15(11-18-8-9-25(5-2)22(16)18)12-21-20(23(26)27-3)13-19(14-24-21)17-6-7-17;1-3-15-9-14(10-17-7-8-24(4-2)21(15)17)11-20-19(22(25)26)12-18(13-23-20)16-5-6-16/h8-11,13-14,17H,4-7,12H2,1-3H3;7-10,12-13,16H,3-6,11H2,1-2H3,(H,25,26). The lowest BCUT2D eigenvalue weighted by atomic mass is 9.98. The van der Waals surface area contributed by atoms with Gasteiger partial charge in [0.1, 0.15) is 0 Å². The maximum Gasteiger partial charge on any atom is 0.339 e. The van der Waals surface area contributed by atoms with Gasteiger partial charge in [0.2, 0.25) is 0 Å². The van der Waals surface area contributed by atoms with E-state index in [4.69, 9.17) is 4.74 Å². The van der Waals surface area contributed by atoms with Crippen LogP contribution in [0.15, 0.2) is 73.3 Å². The number of aromatic carboxylic acids is 1. The Morgan fingerprint density at radius 1 is 0.698 bits per heavy atom. The zero-order valence-corrected chi connectivity index (χ0v) is 31.6. The van der Waals surface area contributed by atoms with Gasteiger partial charge in [-0.3, -0.25) is 9.97 Å². The number of pyridine rings is 2. The molecule has 8 heteroatoms. The van der Waals surface area contributed by atoms with Gasteiger partial charge >= 0.3 is 11.9 Å². The van der Waals surface area contributed by atoms with Crippen LogP contribution in [0.5, 0.6) is 0 Å². The van der Waals surface area contributed by atoms with Gasteiger partial charge in [0.15, 0.2) is 0 Å². The van der Waals surface area contributed by atoms with Gasteiger partial charge < -0.3 is 19.0 Å². The number of nitrogens with zero attached hydrogens (tertiary/aromatic N) is 4. The number of carboxylic acids is 1. The molecule has 0 aliphatic heterocycles. The third-order valence-electron chi connectivity index (χ3n) is 10.9. The van der Waals surface area contributed by atoms with E-state index in [2.05, 4.69) is 95.6 Å². The second-order valence-electron chi connectivity index (χ2n) is 14.5. The van der Waals surface area contributed by atoms with Crippen molar-refractivity contribution in [2.45, 2.75) is 104 Å². The molecule has 53 heavy (non-hydrogen) atoms. The number of carbonyl (C=O) groups is 2. The number of ether oxygens (including phenoxy) is 1. The van der Waals surface area contributed by atoms with Crippen molar-refractivity contribution in [1.29, 1.82) is 0 Å². The van der Waals surface area contributed by atoms with Crippen LogP contribution >= 0.6 is 0 Å². The average molecular weight is 711 g/mol. The molecule has 8 nitrogen and oxygen atoms in total. The molecular weight excluding hydrogens is 661 g/mol. The summed E-state index contributed by atoms with van der Waals surface area (Å²) in [4.78, 5) is 33.3. The lowest BCUT2D eigenvalue weighted by Gasteiger charge is -2.12. The summed E-state index contributed by atoms with van der Waals surface area (Å²) >= 11 is 0. The van der Waals surface area contributed by atoms with Crippen LogP contribution in [0.25, 0.3) is 21.8 Å². The van der Waals surface area contributed by atoms with Crippen LogP contribution in [-0.2, 0) is 43.5 Å². The predicted molar refractivity (Wildman–Crippen MR) is 210 cm³/mol. The first-order valence-corrected chi connectivity index (χ1v) is 19.2. The fourth-order valence-corrected chi connectivity index (χ4v) is 7.73. The van der Waals surface area contributed by atoms with Crippen molar-refractivity contribution in [3.63, 3.8) is 0 Å². The maximum absolute atomic E-state index is 12.3. The first-order chi connectivity index (χ1) is 25.7. The Morgan fingerprint density at radius 3 is 1.55 bits per heavy atom. The van der Waals surface area contributed by atoms with E-state index in [1.54, 1.807) is 0 Å². The topological polar surface area (TPSA) is 99.2 Å². The van der Waals surface area contributed by atoms with Crippen LogP contribution in [0.4, 0.5) is 0 Å². The highest BCUT2D eigenvalue weighted by Gasteiger charge is 2.27. The van der Waals surface area contributed by atoms with Gasteiger partial charge in [-0.1, -0.05) is 26.0 Å². The Bertz CT molecular complexity index is 2310. The molecule has 274 valence electrons. The SMILES string of the molecule is CCc1cc(Cc2ncc(C3CC3)cc2C(=O)O)cc2ccn(CC)c12.CCc1cc(Cc2ncc(C3CC3)cc2C(=O)OC)cc2ccn(CC)c12. The fourth-order valence-electron chi connectivity index (χ4n) is 7.73. The number of rotatable bonds is 12. The molecule has 0 atom stereocenters. The number of methoxy groups -OCH3 is 1. The van der Waals surface area contributed by atoms with E-state index in [1.807, 2.05) is 24.5 Å². The quantitative estimate of drug-likeness (QED) is 0.127. The molecule has 0 saturated heterocycles. The lowest BCUT2D eigenvalue weighted by Crippen LogP contribution is -2.09. The molecule has 0 spiro atoms. The highest BCUT2D eigenvalue weighted by Crippen LogP contribution is 2.41. The molecule has 6 aromatic rings. The largest absolute Gasteiger partial charge is 0.478 e. The summed E-state index contributed by atoms with van der Waals surface area (Å²) in [6.45, 7) is 10.6. The van der Waals surface area contributed by atoms with Crippen molar-refractivity contribution < 1.29 is 19.4 Å². The van der Waals surface area contributed by atoms with E-state index in [9.17, 15) is 14.7 Å². The van der Waals surface area contributed by atoms with E-state index in [-0.39, 0.29) is 5.97 Å². The number of fused-ring (bicyclic) bond motifs is 2. The summed E-state index contributed by atoms with van der Waals surface area (Å²) in [6, 6.07) is 17.0. The van der Waals surface area contributed by atoms with Gasteiger partial charge in [-0.2, -0.15) is 0 Å². The number of hydrogen-bond acceptors (Lipinski definition) is 5. The monoisotopic (exact) mass is 710 g/mol. The maximum atomic E-state index is 12.3. The second-order valence-corrected chi connectivity index (χ2v) is 14.5. The first-order valence-electron chi connectivity index (χ1n) is 19.2. The van der Waals surface area contributed by atoms with Gasteiger partial charge in [-0.05, 0) is 134 Å². The van der Waals surface area contributed by atoms with Crippen LogP contribution in [0.1, 0.15) is 131 Å². The molecular formula is C45H50N4O4. The van der Waals surface area contributed by atoms with Crippen molar-refractivity contribution in [3.05, 3.63) is 129 Å². The number of aryl methyl sites for hydroxylation is 4. The van der Waals surface area contributed by atoms with E-state index in [0.29, 0.717) is 41.5 Å². The van der Waals surface area contributed by atoms with Gasteiger partial charge in [-0.25, -0.2) is 9.59 Å². The summed E-state index contributed by atoms with van der Waals surface area (Å²) < 4.78 is 9.58. The molecule has 4 aromatic heterocycles. The molecule has 0 unspecified atom stereocenters. The molecule has 2 aromatic carbocycles. The molecule has 0 radical (unpaired) electrons. The molecule has 8 rings (SSSR count). The molecule has 2 aliphatic carbocycles. The van der Waals surface area contributed by atoms with Gasteiger partial charge in [0.05, 0.1) is 40.7 Å². The van der Waals surface area contributed by atoms with E-state index in [0.717, 1.165) is 61.2 Å². The van der Waals surface area contributed by atoms with Crippen molar-refractivity contribution >= 4 is 33.7 Å². The molecule has 4 heterocycles. The molecule has 2 fully saturated rings. The van der Waals surface area contributed by atoms with Gasteiger partial charge in [0, 0.05) is 61.5 Å². The average Bonchev–Trinajstić information content (AvgIpc) is 4.12. The Kier molecular flexibility index (Phi) is 10.5. The van der Waals surface area contributed by atoms with Crippen LogP contribution in [0.3, 0.4) is 0 Å². The number of benzene rings is 2. The van der Waals surface area contributed by atoms with Crippen LogP contribution in [-0.4, -0.2) is 43.3 Å².